The van der Waals surface area contributed by atoms with Gasteiger partial charge in [-0.15, -0.1) is 0 Å². The molecule has 0 spiro atoms. The van der Waals surface area contributed by atoms with E-state index < -0.39 is 0 Å². The number of carbonyl (C=O) groups excluding carboxylic acids is 2. The van der Waals surface area contributed by atoms with E-state index in [1.54, 1.807) is 35.2 Å². The van der Waals surface area contributed by atoms with Crippen molar-refractivity contribution in [2.75, 3.05) is 18.4 Å². The maximum Gasteiger partial charge on any atom is 0.272 e. The van der Waals surface area contributed by atoms with Crippen molar-refractivity contribution >= 4 is 33.4 Å². The van der Waals surface area contributed by atoms with Gasteiger partial charge < -0.3 is 14.8 Å². The molecule has 1 heterocycles. The fraction of sp³-hybridized carbons (Fsp3) is 0.333. The Morgan fingerprint density at radius 3 is 2.50 bits per heavy atom. The van der Waals surface area contributed by atoms with Crippen molar-refractivity contribution in [3.63, 3.8) is 0 Å². The van der Waals surface area contributed by atoms with Crippen LogP contribution in [-0.4, -0.2) is 34.4 Å². The average molecular weight is 392 g/mol. The van der Waals surface area contributed by atoms with Gasteiger partial charge in [0.2, 0.25) is 0 Å². The van der Waals surface area contributed by atoms with Crippen LogP contribution in [0.4, 0.5) is 5.69 Å². The van der Waals surface area contributed by atoms with Crippen molar-refractivity contribution in [2.24, 2.45) is 0 Å². The Morgan fingerprint density at radius 2 is 1.88 bits per heavy atom. The van der Waals surface area contributed by atoms with Crippen LogP contribution in [0.5, 0.6) is 0 Å². The number of aryl methyl sites for hydroxylation is 1. The van der Waals surface area contributed by atoms with Crippen molar-refractivity contribution in [3.05, 3.63) is 52.3 Å². The number of hydrogen-bond donors (Lipinski definition) is 1. The minimum Gasteiger partial charge on any atom is -0.343 e. The molecule has 0 radical (unpaired) electrons. The van der Waals surface area contributed by atoms with Crippen LogP contribution >= 0.6 is 15.9 Å². The topological polar surface area (TPSA) is 54.3 Å². The molecule has 24 heavy (non-hydrogen) atoms. The molecule has 2 amide bonds. The van der Waals surface area contributed by atoms with E-state index in [1.165, 1.54) is 0 Å². The van der Waals surface area contributed by atoms with Gasteiger partial charge in [-0.3, -0.25) is 9.59 Å². The molecule has 0 bridgehead atoms. The number of aromatic nitrogens is 1. The van der Waals surface area contributed by atoms with Crippen molar-refractivity contribution in [3.8, 4) is 0 Å². The number of halogens is 1. The summed E-state index contributed by atoms with van der Waals surface area (Å²) >= 11 is 3.39. The van der Waals surface area contributed by atoms with Crippen LogP contribution in [0.2, 0.25) is 0 Å². The zero-order valence-corrected chi connectivity index (χ0v) is 15.8. The summed E-state index contributed by atoms with van der Waals surface area (Å²) in [7, 11) is 0. The normalized spacial score (nSPS) is 10.5. The summed E-state index contributed by atoms with van der Waals surface area (Å²) in [6, 6.07) is 8.82. The van der Waals surface area contributed by atoms with Crippen LogP contribution in [0.1, 0.15) is 41.6 Å². The number of anilines is 1. The number of hydrogen-bond acceptors (Lipinski definition) is 2. The lowest BCUT2D eigenvalue weighted by Crippen LogP contribution is -2.30. The SMILES string of the molecule is CCN(CC)C(=O)c1cccc(NC(=O)c2cc(Br)cn2CC)c1. The van der Waals surface area contributed by atoms with Crippen molar-refractivity contribution < 1.29 is 9.59 Å². The van der Waals surface area contributed by atoms with Gasteiger partial charge in [0.05, 0.1) is 0 Å². The summed E-state index contributed by atoms with van der Waals surface area (Å²) in [6.45, 7) is 7.89. The Bertz CT molecular complexity index is 736. The van der Waals surface area contributed by atoms with E-state index in [2.05, 4.69) is 21.2 Å². The summed E-state index contributed by atoms with van der Waals surface area (Å²) in [5, 5.41) is 2.87. The zero-order chi connectivity index (χ0) is 17.7. The van der Waals surface area contributed by atoms with E-state index >= 15 is 0 Å². The molecule has 0 aliphatic carbocycles. The third-order valence-electron chi connectivity index (χ3n) is 3.85. The minimum absolute atomic E-state index is 0.0317. The Hall–Kier alpha value is -2.08. The van der Waals surface area contributed by atoms with E-state index in [4.69, 9.17) is 0 Å². The molecule has 0 unspecified atom stereocenters. The molecule has 1 aromatic carbocycles. The van der Waals surface area contributed by atoms with Gasteiger partial charge in [-0.2, -0.15) is 0 Å². The van der Waals surface area contributed by atoms with Crippen molar-refractivity contribution in [2.45, 2.75) is 27.3 Å². The number of carbonyl (C=O) groups is 2. The quantitative estimate of drug-likeness (QED) is 0.808. The summed E-state index contributed by atoms with van der Waals surface area (Å²) in [5.74, 6) is -0.231. The van der Waals surface area contributed by atoms with Crippen LogP contribution < -0.4 is 5.32 Å². The van der Waals surface area contributed by atoms with E-state index in [-0.39, 0.29) is 11.8 Å². The third kappa shape index (κ3) is 4.06. The number of amides is 2. The van der Waals surface area contributed by atoms with Crippen molar-refractivity contribution in [1.29, 1.82) is 0 Å². The smallest absolute Gasteiger partial charge is 0.272 e. The Kier molecular flexibility index (Phi) is 6.20. The van der Waals surface area contributed by atoms with Crippen LogP contribution in [0.25, 0.3) is 0 Å². The van der Waals surface area contributed by atoms with Gasteiger partial charge in [0, 0.05) is 41.6 Å². The average Bonchev–Trinajstić information content (AvgIpc) is 2.97. The second kappa shape index (κ2) is 8.15. The van der Waals surface area contributed by atoms with Crippen LogP contribution in [-0.2, 0) is 6.54 Å². The molecule has 1 N–H and O–H groups in total. The van der Waals surface area contributed by atoms with E-state index in [1.807, 2.05) is 31.5 Å². The lowest BCUT2D eigenvalue weighted by molar-refractivity contribution is 0.0772. The van der Waals surface area contributed by atoms with Gasteiger partial charge in [-0.05, 0) is 61.0 Å². The van der Waals surface area contributed by atoms with Crippen molar-refractivity contribution in [1.82, 2.24) is 9.47 Å². The van der Waals surface area contributed by atoms with Crippen LogP contribution in [0.3, 0.4) is 0 Å². The van der Waals surface area contributed by atoms with Gasteiger partial charge in [-0.25, -0.2) is 0 Å². The fourth-order valence-corrected chi connectivity index (χ4v) is 3.01. The molecule has 0 fully saturated rings. The highest BCUT2D eigenvalue weighted by molar-refractivity contribution is 9.10. The highest BCUT2D eigenvalue weighted by atomic mass is 79.9. The summed E-state index contributed by atoms with van der Waals surface area (Å²) in [6.07, 6.45) is 1.87. The molecule has 5 nitrogen and oxygen atoms in total. The van der Waals surface area contributed by atoms with Gasteiger partial charge in [0.1, 0.15) is 5.69 Å². The number of benzene rings is 1. The highest BCUT2D eigenvalue weighted by Crippen LogP contribution is 2.18. The van der Waals surface area contributed by atoms with Gasteiger partial charge >= 0.3 is 0 Å². The van der Waals surface area contributed by atoms with Gasteiger partial charge in [0.15, 0.2) is 0 Å². The molecule has 0 aliphatic rings. The zero-order valence-electron chi connectivity index (χ0n) is 14.2. The highest BCUT2D eigenvalue weighted by Gasteiger charge is 2.15. The van der Waals surface area contributed by atoms with Crippen LogP contribution in [0.15, 0.2) is 41.0 Å². The Balaban J connectivity index is 2.20. The van der Waals surface area contributed by atoms with Gasteiger partial charge in [0.25, 0.3) is 11.8 Å². The molecule has 0 saturated heterocycles. The number of nitrogens with zero attached hydrogens (tertiary/aromatic N) is 2. The lowest BCUT2D eigenvalue weighted by atomic mass is 10.1. The first-order valence-corrected chi connectivity index (χ1v) is 8.85. The predicted molar refractivity (Wildman–Crippen MR) is 99.5 cm³/mol. The van der Waals surface area contributed by atoms with E-state index in [9.17, 15) is 9.59 Å². The second-order valence-corrected chi connectivity index (χ2v) is 6.26. The maximum atomic E-state index is 12.5. The maximum absolute atomic E-state index is 12.5. The van der Waals surface area contributed by atoms with E-state index in [0.717, 1.165) is 4.47 Å². The largest absolute Gasteiger partial charge is 0.343 e. The first-order chi connectivity index (χ1) is 11.5. The first-order valence-electron chi connectivity index (χ1n) is 8.06. The fourth-order valence-electron chi connectivity index (χ4n) is 2.55. The molecule has 128 valence electrons. The summed E-state index contributed by atoms with van der Waals surface area (Å²) in [4.78, 5) is 26.7. The molecule has 6 heteroatoms. The summed E-state index contributed by atoms with van der Waals surface area (Å²) in [5.41, 5.74) is 1.76. The monoisotopic (exact) mass is 391 g/mol. The predicted octanol–water partition coefficient (Wildman–Crippen LogP) is 4.00. The van der Waals surface area contributed by atoms with Crippen LogP contribution in [0, 0.1) is 0 Å². The lowest BCUT2D eigenvalue weighted by Gasteiger charge is -2.19. The first kappa shape index (κ1) is 18.3. The van der Waals surface area contributed by atoms with Gasteiger partial charge in [-0.1, -0.05) is 6.07 Å². The molecule has 2 aromatic rings. The Labute approximate surface area is 150 Å². The third-order valence-corrected chi connectivity index (χ3v) is 4.29. The molecular formula is C18H22BrN3O2. The Morgan fingerprint density at radius 1 is 1.17 bits per heavy atom. The number of nitrogens with one attached hydrogen (secondary N) is 1. The van der Waals surface area contributed by atoms with E-state index in [0.29, 0.717) is 36.6 Å². The second-order valence-electron chi connectivity index (χ2n) is 5.34. The molecular weight excluding hydrogens is 370 g/mol. The minimum atomic E-state index is -0.199. The number of rotatable bonds is 6. The molecule has 0 atom stereocenters. The molecule has 0 saturated carbocycles. The standard InChI is InChI=1S/C18H22BrN3O2/c1-4-21(5-2)18(24)13-8-7-9-15(10-13)20-17(23)16-11-14(19)12-22(16)6-3/h7-12H,4-6H2,1-3H3,(H,20,23). The molecule has 1 aromatic heterocycles. The molecule has 2 rings (SSSR count). The molecule has 0 aliphatic heterocycles. The summed E-state index contributed by atoms with van der Waals surface area (Å²) < 4.78 is 2.73.